The van der Waals surface area contributed by atoms with Gasteiger partial charge in [0.1, 0.15) is 11.3 Å². The number of pyridine rings is 1. The standard InChI is InChI=1S/C14H15N3O2S2/c1-8-4-15-12(9(2)13(8)19-3)7-21(18)14-16-10-5-20-6-11(10)17-14/h4-6H,7H2,1-3H3,(H,16,17). The van der Waals surface area contributed by atoms with Gasteiger partial charge in [-0.15, -0.1) is 11.3 Å². The summed E-state index contributed by atoms with van der Waals surface area (Å²) >= 11 is 0.319. The van der Waals surface area contributed by atoms with Crippen molar-refractivity contribution in [1.29, 1.82) is 0 Å². The zero-order chi connectivity index (χ0) is 15.0. The molecule has 5 nitrogen and oxygen atoms in total. The molecule has 0 aromatic carbocycles. The molecule has 21 heavy (non-hydrogen) atoms. The molecule has 3 rings (SSSR count). The molecule has 1 N–H and O–H groups in total. The number of aromatic nitrogens is 3. The van der Waals surface area contributed by atoms with Gasteiger partial charge in [0.2, 0.25) is 0 Å². The molecule has 3 aromatic rings. The minimum absolute atomic E-state index is 0.321. The lowest BCUT2D eigenvalue weighted by Crippen LogP contribution is -2.10. The van der Waals surface area contributed by atoms with Crippen molar-refractivity contribution in [2.45, 2.75) is 24.8 Å². The fourth-order valence-corrected chi connectivity index (χ4v) is 4.03. The molecule has 0 saturated heterocycles. The molecular formula is C14H15N3O2S2. The number of rotatable bonds is 4. The average Bonchev–Trinajstić information content (AvgIpc) is 3.03. The molecule has 0 aliphatic heterocycles. The molecule has 0 aliphatic rings. The van der Waals surface area contributed by atoms with Crippen LogP contribution in [0.15, 0.2) is 22.1 Å². The second-order valence-electron chi connectivity index (χ2n) is 4.75. The number of fused-ring (bicyclic) bond motifs is 1. The molecule has 0 bridgehead atoms. The summed E-state index contributed by atoms with van der Waals surface area (Å²) in [6, 6.07) is 0. The lowest BCUT2D eigenvalue weighted by Gasteiger charge is -2.13. The summed E-state index contributed by atoms with van der Waals surface area (Å²) in [6.07, 6.45) is 1.75. The Hall–Kier alpha value is -1.57. The number of methoxy groups -OCH3 is 1. The zero-order valence-electron chi connectivity index (χ0n) is 12.0. The molecule has 0 saturated carbocycles. The number of imidazole rings is 1. The SMILES string of the molecule is COc1c(C)cnc(C[S+]([O-])c2nc3cscc3[nH]2)c1C. The number of ether oxygens (including phenoxy) is 1. The maximum atomic E-state index is 12.5. The highest BCUT2D eigenvalue weighted by atomic mass is 32.2. The first-order chi connectivity index (χ1) is 10.1. The van der Waals surface area contributed by atoms with E-state index in [9.17, 15) is 4.55 Å². The molecule has 1 unspecified atom stereocenters. The normalized spacial score (nSPS) is 12.8. The maximum absolute atomic E-state index is 12.5. The number of nitrogens with one attached hydrogen (secondary N) is 1. The molecule has 0 aliphatic carbocycles. The van der Waals surface area contributed by atoms with E-state index in [0.717, 1.165) is 33.6 Å². The lowest BCUT2D eigenvalue weighted by atomic mass is 10.1. The zero-order valence-corrected chi connectivity index (χ0v) is 13.6. The number of nitrogens with zero attached hydrogens (tertiary/aromatic N) is 2. The summed E-state index contributed by atoms with van der Waals surface area (Å²) in [4.78, 5) is 11.8. The summed E-state index contributed by atoms with van der Waals surface area (Å²) < 4.78 is 17.8. The van der Waals surface area contributed by atoms with Crippen LogP contribution in [-0.2, 0) is 16.9 Å². The summed E-state index contributed by atoms with van der Waals surface area (Å²) in [5.41, 5.74) is 4.46. The van der Waals surface area contributed by atoms with Crippen LogP contribution in [0.4, 0.5) is 0 Å². The van der Waals surface area contributed by atoms with Gasteiger partial charge in [0.05, 0.1) is 18.3 Å². The van der Waals surface area contributed by atoms with E-state index in [2.05, 4.69) is 15.0 Å². The Bertz CT molecular complexity index is 753. The Balaban J connectivity index is 1.87. The maximum Gasteiger partial charge on any atom is 0.322 e. The van der Waals surface area contributed by atoms with Crippen molar-refractivity contribution in [3.63, 3.8) is 0 Å². The van der Waals surface area contributed by atoms with Gasteiger partial charge >= 0.3 is 5.16 Å². The fourth-order valence-electron chi connectivity index (χ4n) is 2.24. The second kappa shape index (κ2) is 5.67. The third-order valence-electron chi connectivity index (χ3n) is 3.34. The Morgan fingerprint density at radius 1 is 1.38 bits per heavy atom. The van der Waals surface area contributed by atoms with Gasteiger partial charge in [-0.25, -0.2) is 0 Å². The van der Waals surface area contributed by atoms with Crippen molar-refractivity contribution in [2.24, 2.45) is 0 Å². The first kappa shape index (κ1) is 14.4. The van der Waals surface area contributed by atoms with Gasteiger partial charge < -0.3 is 9.29 Å². The van der Waals surface area contributed by atoms with Crippen LogP contribution in [-0.4, -0.2) is 26.6 Å². The van der Waals surface area contributed by atoms with Crippen molar-refractivity contribution in [2.75, 3.05) is 7.11 Å². The van der Waals surface area contributed by atoms with Crippen molar-refractivity contribution < 1.29 is 9.29 Å². The van der Waals surface area contributed by atoms with Crippen LogP contribution in [0.3, 0.4) is 0 Å². The Morgan fingerprint density at radius 2 is 2.19 bits per heavy atom. The Morgan fingerprint density at radius 3 is 2.90 bits per heavy atom. The van der Waals surface area contributed by atoms with Gasteiger partial charge in [-0.2, -0.15) is 4.98 Å². The van der Waals surface area contributed by atoms with Crippen LogP contribution in [0.1, 0.15) is 16.8 Å². The third kappa shape index (κ3) is 2.64. The first-order valence-corrected chi connectivity index (χ1v) is 8.65. The molecule has 0 spiro atoms. The topological polar surface area (TPSA) is 73.9 Å². The van der Waals surface area contributed by atoms with Gasteiger partial charge in [0.25, 0.3) is 0 Å². The Kier molecular flexibility index (Phi) is 3.88. The molecule has 110 valence electrons. The van der Waals surface area contributed by atoms with Gasteiger partial charge in [-0.3, -0.25) is 9.97 Å². The van der Waals surface area contributed by atoms with Crippen LogP contribution >= 0.6 is 11.3 Å². The number of aromatic amines is 1. The minimum Gasteiger partial charge on any atom is -0.609 e. The lowest BCUT2D eigenvalue weighted by molar-refractivity contribution is 0.407. The van der Waals surface area contributed by atoms with E-state index in [-0.39, 0.29) is 0 Å². The van der Waals surface area contributed by atoms with Crippen LogP contribution in [0.2, 0.25) is 0 Å². The summed E-state index contributed by atoms with van der Waals surface area (Å²) in [5.74, 6) is 1.12. The minimum atomic E-state index is -1.25. The summed E-state index contributed by atoms with van der Waals surface area (Å²) in [6.45, 7) is 3.88. The van der Waals surface area contributed by atoms with Crippen molar-refractivity contribution in [1.82, 2.24) is 15.0 Å². The summed E-state index contributed by atoms with van der Waals surface area (Å²) in [5, 5.41) is 4.39. The van der Waals surface area contributed by atoms with E-state index >= 15 is 0 Å². The van der Waals surface area contributed by atoms with Crippen molar-refractivity contribution >= 4 is 33.5 Å². The molecule has 0 radical (unpaired) electrons. The van der Waals surface area contributed by atoms with E-state index < -0.39 is 11.2 Å². The van der Waals surface area contributed by atoms with Crippen molar-refractivity contribution in [3.8, 4) is 5.75 Å². The predicted molar refractivity (Wildman–Crippen MR) is 84.3 cm³/mol. The monoisotopic (exact) mass is 321 g/mol. The van der Waals surface area contributed by atoms with Gasteiger partial charge in [-0.1, -0.05) is 0 Å². The number of thiophene rings is 1. The largest absolute Gasteiger partial charge is 0.609 e. The van der Waals surface area contributed by atoms with Gasteiger partial charge in [0.15, 0.2) is 5.75 Å². The highest BCUT2D eigenvalue weighted by molar-refractivity contribution is 7.90. The Labute approximate surface area is 129 Å². The highest BCUT2D eigenvalue weighted by Crippen LogP contribution is 2.27. The molecule has 0 amide bonds. The van der Waals surface area contributed by atoms with Gasteiger partial charge in [0, 0.05) is 39.3 Å². The quantitative estimate of drug-likeness (QED) is 0.750. The van der Waals surface area contributed by atoms with E-state index in [1.54, 1.807) is 24.6 Å². The average molecular weight is 321 g/mol. The molecule has 1 atom stereocenters. The first-order valence-electron chi connectivity index (χ1n) is 6.39. The van der Waals surface area contributed by atoms with Crippen LogP contribution < -0.4 is 4.74 Å². The third-order valence-corrected chi connectivity index (χ3v) is 5.23. The molecule has 3 heterocycles. The predicted octanol–water partition coefficient (Wildman–Crippen LogP) is 2.95. The van der Waals surface area contributed by atoms with Crippen molar-refractivity contribution in [3.05, 3.63) is 33.8 Å². The number of aryl methyl sites for hydroxylation is 1. The molecule has 3 aromatic heterocycles. The van der Waals surface area contributed by atoms with E-state index in [1.807, 2.05) is 24.6 Å². The van der Waals surface area contributed by atoms with E-state index in [1.165, 1.54) is 0 Å². The fraction of sp³-hybridized carbons (Fsp3) is 0.286. The van der Waals surface area contributed by atoms with Crippen LogP contribution in [0, 0.1) is 13.8 Å². The smallest absolute Gasteiger partial charge is 0.322 e. The molecule has 0 fully saturated rings. The van der Waals surface area contributed by atoms with Crippen LogP contribution in [0.25, 0.3) is 11.0 Å². The summed E-state index contributed by atoms with van der Waals surface area (Å²) in [7, 11) is 1.64. The second-order valence-corrected chi connectivity index (χ2v) is 6.86. The van der Waals surface area contributed by atoms with E-state index in [4.69, 9.17) is 4.74 Å². The van der Waals surface area contributed by atoms with Crippen LogP contribution in [0.5, 0.6) is 5.75 Å². The number of hydrogen-bond donors (Lipinski definition) is 1. The molecule has 7 heteroatoms. The molecular weight excluding hydrogens is 306 g/mol. The number of hydrogen-bond acceptors (Lipinski definition) is 5. The number of H-pyrrole nitrogens is 1. The van der Waals surface area contributed by atoms with Gasteiger partial charge in [-0.05, 0) is 13.8 Å². The van der Waals surface area contributed by atoms with E-state index in [0.29, 0.717) is 10.9 Å². The highest BCUT2D eigenvalue weighted by Gasteiger charge is 2.21.